The normalized spacial score (nSPS) is 10.5. The van der Waals surface area contributed by atoms with E-state index in [-0.39, 0.29) is 5.91 Å². The zero-order valence-corrected chi connectivity index (χ0v) is 15.2. The van der Waals surface area contributed by atoms with E-state index < -0.39 is 0 Å². The Kier molecular flexibility index (Phi) is 4.68. The molecule has 1 amide bonds. The largest absolute Gasteiger partial charge is 0.465 e. The molecule has 5 heteroatoms. The molecule has 0 unspecified atom stereocenters. The highest BCUT2D eigenvalue weighted by Gasteiger charge is 2.14. The first-order chi connectivity index (χ1) is 13.2. The summed E-state index contributed by atoms with van der Waals surface area (Å²) >= 11 is 1.58. The highest BCUT2D eigenvalue weighted by Crippen LogP contribution is 2.37. The summed E-state index contributed by atoms with van der Waals surface area (Å²) in [6.07, 6.45) is 1.38. The Morgan fingerprint density at radius 1 is 1.04 bits per heavy atom. The van der Waals surface area contributed by atoms with Gasteiger partial charge >= 0.3 is 0 Å². The molecule has 1 heterocycles. The quantitative estimate of drug-likeness (QED) is 0.455. The van der Waals surface area contributed by atoms with Crippen molar-refractivity contribution in [2.45, 2.75) is 0 Å². The van der Waals surface area contributed by atoms with E-state index in [4.69, 9.17) is 9.72 Å². The predicted molar refractivity (Wildman–Crippen MR) is 110 cm³/mol. The van der Waals surface area contributed by atoms with Gasteiger partial charge in [0.15, 0.2) is 0 Å². The van der Waals surface area contributed by atoms with Crippen LogP contribution >= 0.6 is 11.3 Å². The van der Waals surface area contributed by atoms with Crippen LogP contribution in [-0.4, -0.2) is 10.9 Å². The summed E-state index contributed by atoms with van der Waals surface area (Å²) in [5.41, 5.74) is 3.02. The summed E-state index contributed by atoms with van der Waals surface area (Å²) in [6.45, 7) is 3.64. The summed E-state index contributed by atoms with van der Waals surface area (Å²) in [5.74, 6) is 0.477. The van der Waals surface area contributed by atoms with Crippen LogP contribution in [0, 0.1) is 0 Å². The van der Waals surface area contributed by atoms with Gasteiger partial charge in [0.05, 0.1) is 22.0 Å². The Morgan fingerprint density at radius 3 is 2.59 bits per heavy atom. The number of hydrogen-bond acceptors (Lipinski definition) is 4. The molecule has 0 spiro atoms. The molecular weight excluding hydrogens is 356 g/mol. The second-order valence-corrected chi connectivity index (χ2v) is 6.83. The molecule has 4 aromatic rings. The van der Waals surface area contributed by atoms with Crippen molar-refractivity contribution in [2.24, 2.45) is 0 Å². The number of fused-ring (bicyclic) bond motifs is 1. The third-order valence-electron chi connectivity index (χ3n) is 4.01. The Morgan fingerprint density at radius 2 is 1.81 bits per heavy atom. The Labute approximate surface area is 160 Å². The molecule has 4 nitrogen and oxygen atoms in total. The van der Waals surface area contributed by atoms with Crippen LogP contribution in [0.25, 0.3) is 20.8 Å². The number of rotatable bonds is 5. The number of anilines is 1. The second-order valence-electron chi connectivity index (χ2n) is 5.80. The van der Waals surface area contributed by atoms with Crippen molar-refractivity contribution in [3.05, 3.63) is 91.2 Å². The summed E-state index contributed by atoms with van der Waals surface area (Å²) in [6, 6.07) is 22.5. The number of nitrogens with one attached hydrogen (secondary N) is 1. The van der Waals surface area contributed by atoms with Crippen LogP contribution in [0.5, 0.6) is 5.75 Å². The molecule has 27 heavy (non-hydrogen) atoms. The molecule has 0 fully saturated rings. The van der Waals surface area contributed by atoms with E-state index in [1.54, 1.807) is 29.5 Å². The number of carbonyl (C=O) groups excluding carboxylic acids is 1. The average molecular weight is 372 g/mol. The van der Waals surface area contributed by atoms with Gasteiger partial charge in [-0.15, -0.1) is 11.3 Å². The van der Waals surface area contributed by atoms with Crippen molar-refractivity contribution < 1.29 is 9.53 Å². The number of amides is 1. The lowest BCUT2D eigenvalue weighted by atomic mass is 10.1. The zero-order chi connectivity index (χ0) is 18.6. The van der Waals surface area contributed by atoms with Crippen molar-refractivity contribution >= 4 is 33.1 Å². The molecular formula is C22H16N2O2S. The van der Waals surface area contributed by atoms with Crippen LogP contribution in [-0.2, 0) is 0 Å². The van der Waals surface area contributed by atoms with Crippen molar-refractivity contribution in [3.8, 4) is 16.3 Å². The van der Waals surface area contributed by atoms with Crippen LogP contribution in [0.15, 0.2) is 85.6 Å². The minimum Gasteiger partial charge on any atom is -0.465 e. The fourth-order valence-corrected chi connectivity index (χ4v) is 3.73. The number of para-hydroxylation sites is 1. The Balaban J connectivity index is 1.72. The third-order valence-corrected chi connectivity index (χ3v) is 5.08. The number of aromatic nitrogens is 1. The molecule has 0 bridgehead atoms. The number of hydrogen-bond donors (Lipinski definition) is 1. The Bertz CT molecular complexity index is 1090. The molecule has 1 N–H and O–H groups in total. The van der Waals surface area contributed by atoms with Gasteiger partial charge in [-0.1, -0.05) is 36.9 Å². The molecule has 1 aromatic heterocycles. The van der Waals surface area contributed by atoms with Gasteiger partial charge in [-0.25, -0.2) is 4.98 Å². The van der Waals surface area contributed by atoms with E-state index in [0.717, 1.165) is 20.8 Å². The van der Waals surface area contributed by atoms with E-state index in [0.29, 0.717) is 17.0 Å². The molecule has 3 aromatic carbocycles. The SMILES string of the molecule is C=COc1ccc(NC(=O)c2ccccc2)cc1-c1nc2ccccc2s1. The van der Waals surface area contributed by atoms with Gasteiger partial charge in [0, 0.05) is 11.3 Å². The van der Waals surface area contributed by atoms with Crippen LogP contribution in [0.4, 0.5) is 5.69 Å². The van der Waals surface area contributed by atoms with E-state index in [1.807, 2.05) is 54.6 Å². The number of thiazole rings is 1. The first-order valence-corrected chi connectivity index (χ1v) is 9.20. The van der Waals surface area contributed by atoms with E-state index in [2.05, 4.69) is 11.9 Å². The van der Waals surface area contributed by atoms with Crippen LogP contribution in [0.3, 0.4) is 0 Å². The summed E-state index contributed by atoms with van der Waals surface area (Å²) in [7, 11) is 0. The van der Waals surface area contributed by atoms with Gasteiger partial charge in [-0.05, 0) is 42.5 Å². The standard InChI is InChI=1S/C22H16N2O2S/c1-2-26-19-13-12-16(23-21(25)15-8-4-3-5-9-15)14-17(19)22-24-18-10-6-7-11-20(18)27-22/h2-14H,1H2,(H,23,25). The van der Waals surface area contributed by atoms with E-state index in [9.17, 15) is 4.79 Å². The topological polar surface area (TPSA) is 51.2 Å². The van der Waals surface area contributed by atoms with Crippen molar-refractivity contribution in [3.63, 3.8) is 0 Å². The van der Waals surface area contributed by atoms with Gasteiger partial charge in [0.1, 0.15) is 10.8 Å². The molecule has 0 aliphatic rings. The molecule has 0 aliphatic carbocycles. The van der Waals surface area contributed by atoms with Gasteiger partial charge in [0.2, 0.25) is 0 Å². The van der Waals surface area contributed by atoms with Crippen LogP contribution < -0.4 is 10.1 Å². The monoisotopic (exact) mass is 372 g/mol. The van der Waals surface area contributed by atoms with Crippen molar-refractivity contribution in [1.29, 1.82) is 0 Å². The molecule has 0 saturated heterocycles. The van der Waals surface area contributed by atoms with Gasteiger partial charge < -0.3 is 10.1 Å². The summed E-state index contributed by atoms with van der Waals surface area (Å²) < 4.78 is 6.64. The van der Waals surface area contributed by atoms with Gasteiger partial charge in [0.25, 0.3) is 5.91 Å². The van der Waals surface area contributed by atoms with Crippen molar-refractivity contribution in [1.82, 2.24) is 4.98 Å². The van der Waals surface area contributed by atoms with Crippen LogP contribution in [0.2, 0.25) is 0 Å². The zero-order valence-electron chi connectivity index (χ0n) is 14.4. The fraction of sp³-hybridized carbons (Fsp3) is 0. The fourth-order valence-electron chi connectivity index (χ4n) is 2.75. The Hall–Kier alpha value is -3.44. The summed E-state index contributed by atoms with van der Waals surface area (Å²) in [4.78, 5) is 17.1. The first kappa shape index (κ1) is 17.0. The minimum absolute atomic E-state index is 0.164. The molecule has 0 saturated carbocycles. The van der Waals surface area contributed by atoms with Gasteiger partial charge in [-0.3, -0.25) is 4.79 Å². The molecule has 132 valence electrons. The smallest absolute Gasteiger partial charge is 0.255 e. The lowest BCUT2D eigenvalue weighted by molar-refractivity contribution is 0.102. The number of nitrogens with zero attached hydrogens (tertiary/aromatic N) is 1. The molecule has 0 atom stereocenters. The maximum Gasteiger partial charge on any atom is 0.255 e. The van der Waals surface area contributed by atoms with E-state index >= 15 is 0 Å². The first-order valence-electron chi connectivity index (χ1n) is 8.38. The predicted octanol–water partition coefficient (Wildman–Crippen LogP) is 5.74. The highest BCUT2D eigenvalue weighted by molar-refractivity contribution is 7.21. The highest BCUT2D eigenvalue weighted by atomic mass is 32.1. The lowest BCUT2D eigenvalue weighted by Gasteiger charge is -2.10. The second kappa shape index (κ2) is 7.43. The van der Waals surface area contributed by atoms with Crippen molar-refractivity contribution in [2.75, 3.05) is 5.32 Å². The molecule has 4 rings (SSSR count). The van der Waals surface area contributed by atoms with Gasteiger partial charge in [-0.2, -0.15) is 0 Å². The van der Waals surface area contributed by atoms with E-state index in [1.165, 1.54) is 6.26 Å². The number of benzene rings is 3. The maximum atomic E-state index is 12.4. The van der Waals surface area contributed by atoms with Crippen LogP contribution in [0.1, 0.15) is 10.4 Å². The third kappa shape index (κ3) is 3.59. The maximum absolute atomic E-state index is 12.4. The lowest BCUT2D eigenvalue weighted by Crippen LogP contribution is -2.11. The minimum atomic E-state index is -0.164. The molecule has 0 aliphatic heterocycles. The number of carbonyl (C=O) groups is 1. The average Bonchev–Trinajstić information content (AvgIpc) is 3.14. The number of ether oxygens (including phenoxy) is 1. The summed E-state index contributed by atoms with van der Waals surface area (Å²) in [5, 5.41) is 3.75. The molecule has 0 radical (unpaired) electrons.